The number of aliphatic carboxylic acids is 1. The van der Waals surface area contributed by atoms with E-state index in [1.807, 2.05) is 44.2 Å². The third-order valence-corrected chi connectivity index (χ3v) is 5.24. The van der Waals surface area contributed by atoms with Crippen LogP contribution in [0.1, 0.15) is 32.3 Å². The molecule has 1 saturated heterocycles. The fourth-order valence-corrected chi connectivity index (χ4v) is 3.71. The van der Waals surface area contributed by atoms with Crippen LogP contribution in [-0.4, -0.2) is 33.8 Å². The van der Waals surface area contributed by atoms with Crippen LogP contribution in [0.3, 0.4) is 0 Å². The molecule has 0 radical (unpaired) electrons. The number of carbonyl (C=O) groups is 3. The largest absolute Gasteiger partial charge is 0.480 e. The molecule has 5 heteroatoms. The van der Waals surface area contributed by atoms with E-state index in [4.69, 9.17) is 0 Å². The van der Waals surface area contributed by atoms with Gasteiger partial charge in [0.1, 0.15) is 6.04 Å². The Kier molecular flexibility index (Phi) is 4.26. The molecule has 1 aliphatic carbocycles. The van der Waals surface area contributed by atoms with Crippen molar-refractivity contribution < 1.29 is 19.5 Å². The highest BCUT2D eigenvalue weighted by atomic mass is 16.4. The highest BCUT2D eigenvalue weighted by molar-refractivity contribution is 6.08. The molecule has 1 fully saturated rings. The van der Waals surface area contributed by atoms with Gasteiger partial charge in [-0.15, -0.1) is 0 Å². The standard InChI is InChI=1S/C19H21NO4/c1-11-8-14-15(9-12(11)2)18(22)20(17(14)21)16(19(23)24)10-13-6-4-3-5-7-13/h3-7,14-16H,8-10H2,1-2H3,(H,23,24)/t14-,15-,16+/m1/s1. The summed E-state index contributed by atoms with van der Waals surface area (Å²) in [5.74, 6) is -2.61. The van der Waals surface area contributed by atoms with Crippen molar-refractivity contribution in [3.63, 3.8) is 0 Å². The summed E-state index contributed by atoms with van der Waals surface area (Å²) in [4.78, 5) is 38.3. The van der Waals surface area contributed by atoms with Crippen molar-refractivity contribution in [2.24, 2.45) is 11.8 Å². The number of allylic oxidation sites excluding steroid dienone is 2. The number of carbonyl (C=O) groups excluding carboxylic acids is 2. The fraction of sp³-hybridized carbons (Fsp3) is 0.421. The highest BCUT2D eigenvalue weighted by Crippen LogP contribution is 2.41. The van der Waals surface area contributed by atoms with Crippen LogP contribution in [0.25, 0.3) is 0 Å². The van der Waals surface area contributed by atoms with E-state index < -0.39 is 23.8 Å². The van der Waals surface area contributed by atoms with Crippen LogP contribution < -0.4 is 0 Å². The first kappa shape index (κ1) is 16.4. The van der Waals surface area contributed by atoms with Gasteiger partial charge in [-0.2, -0.15) is 0 Å². The molecule has 24 heavy (non-hydrogen) atoms. The van der Waals surface area contributed by atoms with Gasteiger partial charge in [0, 0.05) is 6.42 Å². The van der Waals surface area contributed by atoms with Crippen molar-refractivity contribution >= 4 is 17.8 Å². The number of imide groups is 1. The molecule has 0 saturated carbocycles. The lowest BCUT2D eigenvalue weighted by Crippen LogP contribution is -2.46. The first-order valence-electron chi connectivity index (χ1n) is 8.19. The van der Waals surface area contributed by atoms with Crippen molar-refractivity contribution in [1.29, 1.82) is 0 Å². The van der Waals surface area contributed by atoms with Crippen LogP contribution in [0.15, 0.2) is 41.5 Å². The van der Waals surface area contributed by atoms with Gasteiger partial charge in [-0.05, 0) is 32.3 Å². The van der Waals surface area contributed by atoms with Crippen molar-refractivity contribution in [3.05, 3.63) is 47.0 Å². The second-order valence-electron chi connectivity index (χ2n) is 6.77. The molecule has 1 aromatic carbocycles. The van der Waals surface area contributed by atoms with Gasteiger partial charge in [-0.3, -0.25) is 14.5 Å². The van der Waals surface area contributed by atoms with Gasteiger partial charge in [0.25, 0.3) is 0 Å². The smallest absolute Gasteiger partial charge is 0.327 e. The number of benzene rings is 1. The number of fused-ring (bicyclic) bond motifs is 1. The molecule has 5 nitrogen and oxygen atoms in total. The van der Waals surface area contributed by atoms with E-state index in [0.717, 1.165) is 21.6 Å². The SMILES string of the molecule is CC1=C(C)C[C@H]2C(=O)N([C@@H](Cc3ccccc3)C(=O)O)C(=O)[C@@H]2C1. The highest BCUT2D eigenvalue weighted by Gasteiger charge is 2.52. The maximum Gasteiger partial charge on any atom is 0.327 e. The maximum absolute atomic E-state index is 12.8. The molecule has 0 unspecified atom stereocenters. The van der Waals surface area contributed by atoms with Gasteiger partial charge in [-0.25, -0.2) is 4.79 Å². The quantitative estimate of drug-likeness (QED) is 0.681. The minimum Gasteiger partial charge on any atom is -0.480 e. The molecule has 1 heterocycles. The summed E-state index contributed by atoms with van der Waals surface area (Å²) >= 11 is 0. The van der Waals surface area contributed by atoms with Gasteiger partial charge in [-0.1, -0.05) is 41.5 Å². The predicted molar refractivity (Wildman–Crippen MR) is 88.0 cm³/mol. The van der Waals surface area contributed by atoms with E-state index >= 15 is 0 Å². The maximum atomic E-state index is 12.8. The second-order valence-corrected chi connectivity index (χ2v) is 6.77. The van der Waals surface area contributed by atoms with Gasteiger partial charge < -0.3 is 5.11 Å². The first-order chi connectivity index (χ1) is 11.4. The summed E-state index contributed by atoms with van der Waals surface area (Å²) in [6, 6.07) is 7.96. The topological polar surface area (TPSA) is 74.7 Å². The number of hydrogen-bond acceptors (Lipinski definition) is 3. The molecule has 0 aromatic heterocycles. The second kappa shape index (κ2) is 6.23. The van der Waals surface area contributed by atoms with E-state index in [9.17, 15) is 19.5 Å². The Morgan fingerprint density at radius 3 is 2.04 bits per heavy atom. The summed E-state index contributed by atoms with van der Waals surface area (Å²) < 4.78 is 0. The number of hydrogen-bond donors (Lipinski definition) is 1. The van der Waals surface area contributed by atoms with Gasteiger partial charge in [0.15, 0.2) is 0 Å². The van der Waals surface area contributed by atoms with E-state index in [1.54, 1.807) is 0 Å². The number of carboxylic acids is 1. The Morgan fingerprint density at radius 1 is 1.08 bits per heavy atom. The Bertz CT molecular complexity index is 690. The lowest BCUT2D eigenvalue weighted by molar-refractivity contribution is -0.155. The molecule has 2 aliphatic rings. The van der Waals surface area contributed by atoms with E-state index in [0.29, 0.717) is 12.8 Å². The molecular formula is C19H21NO4. The first-order valence-corrected chi connectivity index (χ1v) is 8.19. The summed E-state index contributed by atoms with van der Waals surface area (Å²) in [6.45, 7) is 3.95. The third kappa shape index (κ3) is 2.75. The van der Waals surface area contributed by atoms with E-state index in [-0.39, 0.29) is 18.2 Å². The fourth-order valence-electron chi connectivity index (χ4n) is 3.71. The van der Waals surface area contributed by atoms with Crippen molar-refractivity contribution in [1.82, 2.24) is 4.90 Å². The lowest BCUT2D eigenvalue weighted by Gasteiger charge is -2.23. The number of carboxylic acid groups (broad SMARTS) is 1. The molecule has 1 aromatic rings. The van der Waals surface area contributed by atoms with Gasteiger partial charge >= 0.3 is 5.97 Å². The Morgan fingerprint density at radius 2 is 1.58 bits per heavy atom. The molecule has 1 aliphatic heterocycles. The summed E-state index contributed by atoms with van der Waals surface area (Å²) in [5.41, 5.74) is 3.06. The number of amides is 2. The molecule has 3 rings (SSSR count). The zero-order valence-corrected chi connectivity index (χ0v) is 13.9. The number of rotatable bonds is 4. The van der Waals surface area contributed by atoms with Crippen molar-refractivity contribution in [2.75, 3.05) is 0 Å². The minimum atomic E-state index is -1.14. The van der Waals surface area contributed by atoms with E-state index in [1.165, 1.54) is 0 Å². The summed E-state index contributed by atoms with van der Waals surface area (Å²) in [7, 11) is 0. The predicted octanol–water partition coefficient (Wildman–Crippen LogP) is 2.41. The normalized spacial score (nSPS) is 25.0. The number of likely N-dealkylation sites (tertiary alicyclic amines) is 1. The van der Waals surface area contributed by atoms with Crippen LogP contribution >= 0.6 is 0 Å². The average molecular weight is 327 g/mol. The third-order valence-electron chi connectivity index (χ3n) is 5.24. The summed E-state index contributed by atoms with van der Waals surface area (Å²) in [5, 5.41) is 9.61. The van der Waals surface area contributed by atoms with Crippen LogP contribution in [0.2, 0.25) is 0 Å². The van der Waals surface area contributed by atoms with Crippen molar-refractivity contribution in [2.45, 2.75) is 39.2 Å². The Hall–Kier alpha value is -2.43. The molecule has 3 atom stereocenters. The molecule has 0 bridgehead atoms. The average Bonchev–Trinajstić information content (AvgIpc) is 2.78. The molecule has 1 N–H and O–H groups in total. The van der Waals surface area contributed by atoms with Gasteiger partial charge in [0.05, 0.1) is 11.8 Å². The molecular weight excluding hydrogens is 306 g/mol. The monoisotopic (exact) mass is 327 g/mol. The van der Waals surface area contributed by atoms with Crippen LogP contribution in [-0.2, 0) is 20.8 Å². The Balaban J connectivity index is 1.88. The zero-order chi connectivity index (χ0) is 17.4. The molecule has 2 amide bonds. The molecule has 0 spiro atoms. The van der Waals surface area contributed by atoms with E-state index in [2.05, 4.69) is 0 Å². The van der Waals surface area contributed by atoms with Crippen LogP contribution in [0.5, 0.6) is 0 Å². The summed E-state index contributed by atoms with van der Waals surface area (Å²) in [6.07, 6.45) is 1.24. The lowest BCUT2D eigenvalue weighted by atomic mass is 9.78. The number of nitrogens with zero attached hydrogens (tertiary/aromatic N) is 1. The molecule has 126 valence electrons. The Labute approximate surface area is 141 Å². The minimum absolute atomic E-state index is 0.137. The van der Waals surface area contributed by atoms with Crippen LogP contribution in [0.4, 0.5) is 0 Å². The van der Waals surface area contributed by atoms with Crippen molar-refractivity contribution in [3.8, 4) is 0 Å². The van der Waals surface area contributed by atoms with Crippen LogP contribution in [0, 0.1) is 11.8 Å². The van der Waals surface area contributed by atoms with Gasteiger partial charge in [0.2, 0.25) is 11.8 Å². The zero-order valence-electron chi connectivity index (χ0n) is 13.9.